The first-order chi connectivity index (χ1) is 8.72. The van der Waals surface area contributed by atoms with Gasteiger partial charge in [-0.25, -0.2) is 4.98 Å². The van der Waals surface area contributed by atoms with Crippen molar-refractivity contribution in [2.45, 2.75) is 62.5 Å². The lowest BCUT2D eigenvalue weighted by Gasteiger charge is -2.34. The van der Waals surface area contributed by atoms with Gasteiger partial charge < -0.3 is 9.73 Å². The molecule has 0 amide bonds. The number of hydrogen-bond acceptors (Lipinski definition) is 4. The minimum atomic E-state index is 0.593. The van der Waals surface area contributed by atoms with Gasteiger partial charge in [0.1, 0.15) is 6.26 Å². The van der Waals surface area contributed by atoms with E-state index in [1.54, 1.807) is 6.26 Å². The van der Waals surface area contributed by atoms with Gasteiger partial charge in [-0.2, -0.15) is 0 Å². The lowest BCUT2D eigenvalue weighted by molar-refractivity contribution is 0.294. The van der Waals surface area contributed by atoms with Crippen molar-refractivity contribution in [3.05, 3.63) is 12.0 Å². The van der Waals surface area contributed by atoms with Gasteiger partial charge in [0.25, 0.3) is 5.22 Å². The van der Waals surface area contributed by atoms with Crippen molar-refractivity contribution in [2.75, 3.05) is 7.05 Å². The Labute approximate surface area is 114 Å². The van der Waals surface area contributed by atoms with Crippen molar-refractivity contribution < 1.29 is 4.42 Å². The van der Waals surface area contributed by atoms with Crippen molar-refractivity contribution >= 4 is 11.8 Å². The molecule has 0 spiro atoms. The molecule has 1 heterocycles. The van der Waals surface area contributed by atoms with Gasteiger partial charge >= 0.3 is 0 Å². The molecule has 3 atom stereocenters. The minimum absolute atomic E-state index is 0.593. The second-order valence-electron chi connectivity index (χ2n) is 5.27. The van der Waals surface area contributed by atoms with Gasteiger partial charge in [-0.05, 0) is 39.2 Å². The highest BCUT2D eigenvalue weighted by Gasteiger charge is 2.30. The van der Waals surface area contributed by atoms with Crippen LogP contribution in [0.25, 0.3) is 0 Å². The van der Waals surface area contributed by atoms with Gasteiger partial charge in [-0.15, -0.1) is 0 Å². The van der Waals surface area contributed by atoms with Crippen LogP contribution in [-0.4, -0.2) is 23.3 Å². The van der Waals surface area contributed by atoms with Crippen LogP contribution in [0.2, 0.25) is 0 Å². The lowest BCUT2D eigenvalue weighted by Crippen LogP contribution is -2.40. The van der Waals surface area contributed by atoms with Gasteiger partial charge in [0.05, 0.1) is 5.69 Å². The van der Waals surface area contributed by atoms with E-state index in [4.69, 9.17) is 4.42 Å². The highest BCUT2D eigenvalue weighted by Crippen LogP contribution is 2.37. The highest BCUT2D eigenvalue weighted by atomic mass is 32.2. The smallest absolute Gasteiger partial charge is 0.256 e. The number of nitrogens with one attached hydrogen (secondary N) is 1. The zero-order valence-corrected chi connectivity index (χ0v) is 12.4. The number of aromatic nitrogens is 1. The average Bonchev–Trinajstić information content (AvgIpc) is 2.76. The van der Waals surface area contributed by atoms with Crippen LogP contribution in [0, 0.1) is 12.8 Å². The number of hydrogen-bond donors (Lipinski definition) is 1. The molecule has 3 nitrogen and oxygen atoms in total. The maximum atomic E-state index is 5.48. The minimum Gasteiger partial charge on any atom is -0.440 e. The maximum absolute atomic E-state index is 5.48. The summed E-state index contributed by atoms with van der Waals surface area (Å²) in [5.74, 6) is 0.883. The molecule has 102 valence electrons. The van der Waals surface area contributed by atoms with Crippen molar-refractivity contribution in [3.8, 4) is 0 Å². The molecule has 1 N–H and O–H groups in total. The highest BCUT2D eigenvalue weighted by molar-refractivity contribution is 7.99. The van der Waals surface area contributed by atoms with Crippen LogP contribution in [-0.2, 0) is 0 Å². The van der Waals surface area contributed by atoms with E-state index in [1.807, 2.05) is 18.7 Å². The van der Waals surface area contributed by atoms with Gasteiger partial charge in [0, 0.05) is 11.3 Å². The monoisotopic (exact) mass is 268 g/mol. The van der Waals surface area contributed by atoms with Crippen molar-refractivity contribution in [3.63, 3.8) is 0 Å². The topological polar surface area (TPSA) is 38.1 Å². The Morgan fingerprint density at radius 2 is 2.33 bits per heavy atom. The first-order valence-corrected chi connectivity index (χ1v) is 7.87. The Balaban J connectivity index is 1.97. The number of oxazole rings is 1. The Morgan fingerprint density at radius 1 is 1.50 bits per heavy atom. The normalized spacial score (nSPS) is 28.5. The van der Waals surface area contributed by atoms with E-state index in [0.29, 0.717) is 11.3 Å². The summed E-state index contributed by atoms with van der Waals surface area (Å²) >= 11 is 1.81. The standard InChI is InChI=1S/C14H24N2OS/c1-4-5-11-6-7-12(15-3)13(8-11)18-14-16-10(2)9-17-14/h9,11-13,15H,4-8H2,1-3H3. The predicted octanol–water partition coefficient (Wildman–Crippen LogP) is 3.63. The lowest BCUT2D eigenvalue weighted by atomic mass is 9.83. The molecule has 0 bridgehead atoms. The van der Waals surface area contributed by atoms with E-state index in [9.17, 15) is 0 Å². The zero-order valence-electron chi connectivity index (χ0n) is 11.6. The second-order valence-corrected chi connectivity index (χ2v) is 6.46. The first kappa shape index (κ1) is 13.9. The molecule has 1 aromatic rings. The summed E-state index contributed by atoms with van der Waals surface area (Å²) in [4.78, 5) is 4.41. The molecule has 4 heteroatoms. The molecule has 0 saturated heterocycles. The molecular formula is C14H24N2OS. The molecule has 3 unspecified atom stereocenters. The fourth-order valence-corrected chi connectivity index (χ4v) is 4.22. The van der Waals surface area contributed by atoms with Crippen LogP contribution in [0.3, 0.4) is 0 Å². The van der Waals surface area contributed by atoms with E-state index in [1.165, 1.54) is 32.1 Å². The van der Waals surface area contributed by atoms with Gasteiger partial charge in [0.15, 0.2) is 0 Å². The van der Waals surface area contributed by atoms with Crippen LogP contribution in [0.5, 0.6) is 0 Å². The molecule has 1 aliphatic carbocycles. The van der Waals surface area contributed by atoms with Crippen molar-refractivity contribution in [1.29, 1.82) is 0 Å². The van der Waals surface area contributed by atoms with Crippen LogP contribution < -0.4 is 5.32 Å². The number of nitrogens with zero attached hydrogens (tertiary/aromatic N) is 1. The Hall–Kier alpha value is -0.480. The summed E-state index contributed by atoms with van der Waals surface area (Å²) in [5, 5.41) is 4.88. The van der Waals surface area contributed by atoms with Crippen LogP contribution in [0.1, 0.15) is 44.7 Å². The Kier molecular flexibility index (Phi) is 5.13. The number of aryl methyl sites for hydroxylation is 1. The molecule has 0 aliphatic heterocycles. The molecule has 2 rings (SSSR count). The fourth-order valence-electron chi connectivity index (χ4n) is 2.86. The molecule has 1 aromatic heterocycles. The molecule has 0 aromatic carbocycles. The third-order valence-corrected chi connectivity index (χ3v) is 5.03. The Morgan fingerprint density at radius 3 is 2.94 bits per heavy atom. The molecule has 18 heavy (non-hydrogen) atoms. The van der Waals surface area contributed by atoms with Gasteiger partial charge in [-0.1, -0.05) is 31.5 Å². The van der Waals surface area contributed by atoms with Crippen LogP contribution >= 0.6 is 11.8 Å². The predicted molar refractivity (Wildman–Crippen MR) is 76.0 cm³/mol. The van der Waals surface area contributed by atoms with Crippen LogP contribution in [0.4, 0.5) is 0 Å². The molecular weight excluding hydrogens is 244 g/mol. The van der Waals surface area contributed by atoms with Gasteiger partial charge in [-0.3, -0.25) is 0 Å². The van der Waals surface area contributed by atoms with Crippen LogP contribution in [0.15, 0.2) is 15.9 Å². The zero-order chi connectivity index (χ0) is 13.0. The summed E-state index contributed by atoms with van der Waals surface area (Å²) in [7, 11) is 2.07. The van der Waals surface area contributed by atoms with Gasteiger partial charge in [0.2, 0.25) is 0 Å². The third kappa shape index (κ3) is 3.51. The number of thioether (sulfide) groups is 1. The summed E-state index contributed by atoms with van der Waals surface area (Å²) in [6.45, 7) is 4.26. The SMILES string of the molecule is CCCC1CCC(NC)C(Sc2nc(C)co2)C1. The summed E-state index contributed by atoms with van der Waals surface area (Å²) in [6.07, 6.45) is 8.32. The molecule has 0 radical (unpaired) electrons. The second kappa shape index (κ2) is 6.62. The van der Waals surface area contributed by atoms with E-state index in [0.717, 1.165) is 16.8 Å². The maximum Gasteiger partial charge on any atom is 0.256 e. The van der Waals surface area contributed by atoms with Crippen molar-refractivity contribution in [2.24, 2.45) is 5.92 Å². The first-order valence-electron chi connectivity index (χ1n) is 6.99. The summed E-state index contributed by atoms with van der Waals surface area (Å²) in [5.41, 5.74) is 0.972. The van der Waals surface area contributed by atoms with E-state index in [-0.39, 0.29) is 0 Å². The van der Waals surface area contributed by atoms with E-state index in [2.05, 4.69) is 24.3 Å². The average molecular weight is 268 g/mol. The van der Waals surface area contributed by atoms with E-state index >= 15 is 0 Å². The fraction of sp³-hybridized carbons (Fsp3) is 0.786. The summed E-state index contributed by atoms with van der Waals surface area (Å²) < 4.78 is 5.48. The van der Waals surface area contributed by atoms with E-state index < -0.39 is 0 Å². The molecule has 1 fully saturated rings. The third-order valence-electron chi connectivity index (χ3n) is 3.82. The molecule has 1 saturated carbocycles. The largest absolute Gasteiger partial charge is 0.440 e. The van der Waals surface area contributed by atoms with Crippen molar-refractivity contribution in [1.82, 2.24) is 10.3 Å². The number of rotatable bonds is 5. The molecule has 1 aliphatic rings. The quantitative estimate of drug-likeness (QED) is 0.885. The summed E-state index contributed by atoms with van der Waals surface area (Å²) in [6, 6.07) is 0.593. The Bertz CT molecular complexity index is 366.